The average molecular weight is 255 g/mol. The van der Waals surface area contributed by atoms with Gasteiger partial charge in [-0.3, -0.25) is 0 Å². The zero-order valence-electron chi connectivity index (χ0n) is 12.1. The molecule has 0 amide bonds. The van der Waals surface area contributed by atoms with Crippen LogP contribution >= 0.6 is 0 Å². The van der Waals surface area contributed by atoms with Crippen LogP contribution in [-0.4, -0.2) is 0 Å². The third-order valence-corrected chi connectivity index (χ3v) is 4.57. The van der Waals surface area contributed by atoms with Crippen LogP contribution in [0.2, 0.25) is 0 Å². The highest BCUT2D eigenvalue weighted by Gasteiger charge is 2.21. The summed E-state index contributed by atoms with van der Waals surface area (Å²) >= 11 is 0. The first-order valence-electron chi connectivity index (χ1n) is 7.83. The average Bonchev–Trinajstić information content (AvgIpc) is 2.48. The molecular formula is C18H25N. The molecule has 1 aromatic carbocycles. The third-order valence-electron chi connectivity index (χ3n) is 4.57. The Hall–Kier alpha value is -1.29. The van der Waals surface area contributed by atoms with E-state index in [0.29, 0.717) is 0 Å². The predicted octanol–water partition coefficient (Wildman–Crippen LogP) is 5.41. The predicted molar refractivity (Wildman–Crippen MR) is 80.0 cm³/mol. The van der Waals surface area contributed by atoms with Gasteiger partial charge in [0.1, 0.15) is 0 Å². The molecule has 1 aliphatic rings. The summed E-state index contributed by atoms with van der Waals surface area (Å²) in [6, 6.07) is 10.4. The Morgan fingerprint density at radius 1 is 1.05 bits per heavy atom. The van der Waals surface area contributed by atoms with Crippen LogP contribution < -0.4 is 0 Å². The summed E-state index contributed by atoms with van der Waals surface area (Å²) in [7, 11) is 0. The van der Waals surface area contributed by atoms with E-state index in [1.807, 2.05) is 12.1 Å². The van der Waals surface area contributed by atoms with Gasteiger partial charge in [0.25, 0.3) is 0 Å². The highest BCUT2D eigenvalue weighted by atomic mass is 14.3. The second kappa shape index (κ2) is 7.34. The fourth-order valence-electron chi connectivity index (χ4n) is 3.30. The van der Waals surface area contributed by atoms with Gasteiger partial charge in [-0.15, -0.1) is 0 Å². The van der Waals surface area contributed by atoms with Gasteiger partial charge in [0, 0.05) is 0 Å². The molecule has 1 aromatic rings. The van der Waals surface area contributed by atoms with Crippen molar-refractivity contribution in [2.45, 2.75) is 64.2 Å². The van der Waals surface area contributed by atoms with Gasteiger partial charge in [0.05, 0.1) is 11.6 Å². The van der Waals surface area contributed by atoms with E-state index in [4.69, 9.17) is 5.26 Å². The van der Waals surface area contributed by atoms with Crippen LogP contribution in [0.1, 0.15) is 75.3 Å². The summed E-state index contributed by atoms with van der Waals surface area (Å²) in [5, 5.41) is 8.83. The monoisotopic (exact) mass is 255 g/mol. The second-order valence-corrected chi connectivity index (χ2v) is 5.95. The van der Waals surface area contributed by atoms with Crippen molar-refractivity contribution in [3.63, 3.8) is 0 Å². The topological polar surface area (TPSA) is 23.8 Å². The molecule has 0 N–H and O–H groups in total. The first kappa shape index (κ1) is 14.1. The molecule has 102 valence electrons. The Morgan fingerprint density at radius 3 is 2.32 bits per heavy atom. The standard InChI is InChI=1S/C18H25N/c1-2-3-4-5-15-6-10-17(11-7-15)18-12-8-16(14-19)9-13-18/h8-9,12-13,15,17H,2-7,10-11H2,1H3. The van der Waals surface area contributed by atoms with Crippen LogP contribution in [0.15, 0.2) is 24.3 Å². The number of nitriles is 1. The lowest BCUT2D eigenvalue weighted by Gasteiger charge is -2.28. The summed E-state index contributed by atoms with van der Waals surface area (Å²) in [4.78, 5) is 0. The lowest BCUT2D eigenvalue weighted by molar-refractivity contribution is 0.303. The quantitative estimate of drug-likeness (QED) is 0.645. The van der Waals surface area contributed by atoms with Gasteiger partial charge in [0.2, 0.25) is 0 Å². The summed E-state index contributed by atoms with van der Waals surface area (Å²) in [6.07, 6.45) is 11.1. The van der Waals surface area contributed by atoms with Gasteiger partial charge < -0.3 is 0 Å². The lowest BCUT2D eigenvalue weighted by Crippen LogP contribution is -2.13. The van der Waals surface area contributed by atoms with Crippen molar-refractivity contribution in [2.75, 3.05) is 0 Å². The maximum absolute atomic E-state index is 8.83. The van der Waals surface area contributed by atoms with E-state index in [0.717, 1.165) is 17.4 Å². The molecule has 1 nitrogen and oxygen atoms in total. The molecular weight excluding hydrogens is 230 g/mol. The van der Waals surface area contributed by atoms with E-state index in [-0.39, 0.29) is 0 Å². The molecule has 1 fully saturated rings. The van der Waals surface area contributed by atoms with Gasteiger partial charge in [-0.2, -0.15) is 5.26 Å². The highest BCUT2D eigenvalue weighted by molar-refractivity contribution is 5.33. The minimum Gasteiger partial charge on any atom is -0.192 e. The van der Waals surface area contributed by atoms with Crippen LogP contribution in [0.3, 0.4) is 0 Å². The summed E-state index contributed by atoms with van der Waals surface area (Å²) in [5.41, 5.74) is 2.21. The number of hydrogen-bond acceptors (Lipinski definition) is 1. The van der Waals surface area contributed by atoms with Crippen LogP contribution in [0.5, 0.6) is 0 Å². The third kappa shape index (κ3) is 4.10. The van der Waals surface area contributed by atoms with Crippen molar-refractivity contribution >= 4 is 0 Å². The van der Waals surface area contributed by atoms with Crippen molar-refractivity contribution in [3.8, 4) is 6.07 Å². The van der Waals surface area contributed by atoms with Crippen molar-refractivity contribution < 1.29 is 0 Å². The molecule has 0 spiro atoms. The first-order chi connectivity index (χ1) is 9.33. The largest absolute Gasteiger partial charge is 0.192 e. The van der Waals surface area contributed by atoms with E-state index >= 15 is 0 Å². The molecule has 0 aliphatic heterocycles. The van der Waals surface area contributed by atoms with Crippen LogP contribution in [0.4, 0.5) is 0 Å². The van der Waals surface area contributed by atoms with Crippen LogP contribution in [0, 0.1) is 17.2 Å². The van der Waals surface area contributed by atoms with Crippen molar-refractivity contribution in [1.29, 1.82) is 5.26 Å². The molecule has 0 unspecified atom stereocenters. The molecule has 1 heteroatoms. The van der Waals surface area contributed by atoms with E-state index in [2.05, 4.69) is 25.1 Å². The molecule has 1 saturated carbocycles. The SMILES string of the molecule is CCCCCC1CCC(c2ccc(C#N)cc2)CC1. The Labute approximate surface area is 117 Å². The fraction of sp³-hybridized carbons (Fsp3) is 0.611. The Morgan fingerprint density at radius 2 is 1.74 bits per heavy atom. The number of hydrogen-bond donors (Lipinski definition) is 0. The fourth-order valence-corrected chi connectivity index (χ4v) is 3.30. The van der Waals surface area contributed by atoms with Gasteiger partial charge in [-0.25, -0.2) is 0 Å². The smallest absolute Gasteiger partial charge is 0.0991 e. The summed E-state index contributed by atoms with van der Waals surface area (Å²) in [6.45, 7) is 2.28. The van der Waals surface area contributed by atoms with E-state index in [1.54, 1.807) is 0 Å². The Bertz CT molecular complexity index is 404. The van der Waals surface area contributed by atoms with E-state index in [9.17, 15) is 0 Å². The summed E-state index contributed by atoms with van der Waals surface area (Å²) < 4.78 is 0. The van der Waals surface area contributed by atoms with Crippen LogP contribution in [0.25, 0.3) is 0 Å². The van der Waals surface area contributed by atoms with Gasteiger partial charge in [-0.05, 0) is 55.2 Å². The zero-order valence-corrected chi connectivity index (χ0v) is 12.1. The van der Waals surface area contributed by atoms with Crippen molar-refractivity contribution in [3.05, 3.63) is 35.4 Å². The van der Waals surface area contributed by atoms with Crippen molar-refractivity contribution in [1.82, 2.24) is 0 Å². The molecule has 1 aliphatic carbocycles. The molecule has 19 heavy (non-hydrogen) atoms. The molecule has 0 bridgehead atoms. The van der Waals surface area contributed by atoms with E-state index in [1.165, 1.54) is 56.9 Å². The lowest BCUT2D eigenvalue weighted by atomic mass is 9.77. The molecule has 0 aromatic heterocycles. The minimum atomic E-state index is 0.732. The maximum Gasteiger partial charge on any atom is 0.0991 e. The molecule has 0 radical (unpaired) electrons. The number of nitrogens with zero attached hydrogens (tertiary/aromatic N) is 1. The number of benzene rings is 1. The minimum absolute atomic E-state index is 0.732. The number of unbranched alkanes of at least 4 members (excludes halogenated alkanes) is 2. The van der Waals surface area contributed by atoms with Crippen molar-refractivity contribution in [2.24, 2.45) is 5.92 Å². The van der Waals surface area contributed by atoms with E-state index < -0.39 is 0 Å². The molecule has 0 heterocycles. The van der Waals surface area contributed by atoms with Gasteiger partial charge in [-0.1, -0.05) is 44.7 Å². The highest BCUT2D eigenvalue weighted by Crippen LogP contribution is 2.37. The Balaban J connectivity index is 1.80. The zero-order chi connectivity index (χ0) is 13.5. The number of rotatable bonds is 5. The second-order valence-electron chi connectivity index (χ2n) is 5.95. The maximum atomic E-state index is 8.83. The van der Waals surface area contributed by atoms with Gasteiger partial charge in [0.15, 0.2) is 0 Å². The van der Waals surface area contributed by atoms with Crippen LogP contribution in [-0.2, 0) is 0 Å². The van der Waals surface area contributed by atoms with Gasteiger partial charge >= 0.3 is 0 Å². The molecule has 0 saturated heterocycles. The first-order valence-corrected chi connectivity index (χ1v) is 7.83. The summed E-state index contributed by atoms with van der Waals surface area (Å²) in [5.74, 6) is 1.70. The molecule has 2 rings (SSSR count). The molecule has 0 atom stereocenters. The normalized spacial score (nSPS) is 22.9. The Kier molecular flexibility index (Phi) is 5.45.